The Morgan fingerprint density at radius 1 is 1.42 bits per heavy atom. The van der Waals surface area contributed by atoms with E-state index < -0.39 is 5.60 Å². The van der Waals surface area contributed by atoms with Crippen molar-refractivity contribution in [2.75, 3.05) is 13.1 Å². The highest BCUT2D eigenvalue weighted by Crippen LogP contribution is 2.20. The minimum absolute atomic E-state index is 0.0248. The molecule has 0 radical (unpaired) electrons. The van der Waals surface area contributed by atoms with Crippen molar-refractivity contribution in [3.63, 3.8) is 0 Å². The molecule has 0 saturated carbocycles. The number of likely N-dealkylation sites (tertiary alicyclic amines) is 1. The van der Waals surface area contributed by atoms with Gasteiger partial charge in [-0.05, 0) is 43.9 Å². The summed E-state index contributed by atoms with van der Waals surface area (Å²) in [5.41, 5.74) is 1.46. The zero-order valence-electron chi connectivity index (χ0n) is 11.6. The number of aryl methyl sites for hydroxylation is 1. The number of piperidine rings is 1. The third-order valence-corrected chi connectivity index (χ3v) is 3.58. The molecule has 1 aliphatic rings. The number of hydrogen-bond donors (Lipinski definition) is 1. The quantitative estimate of drug-likeness (QED) is 0.828. The van der Waals surface area contributed by atoms with Gasteiger partial charge in [0.25, 0.3) is 0 Å². The molecular formula is C16H21NO2. The van der Waals surface area contributed by atoms with Crippen molar-refractivity contribution in [2.24, 2.45) is 0 Å². The first kappa shape index (κ1) is 13.8. The van der Waals surface area contributed by atoms with E-state index in [1.165, 1.54) is 0 Å². The van der Waals surface area contributed by atoms with Gasteiger partial charge in [0, 0.05) is 19.2 Å². The summed E-state index contributed by atoms with van der Waals surface area (Å²) in [6, 6.07) is 7.96. The van der Waals surface area contributed by atoms with E-state index in [1.807, 2.05) is 37.3 Å². The van der Waals surface area contributed by atoms with E-state index in [0.717, 1.165) is 30.5 Å². The zero-order chi connectivity index (χ0) is 13.9. The molecule has 2 rings (SSSR count). The smallest absolute Gasteiger partial charge is 0.246 e. The molecule has 0 aliphatic carbocycles. The monoisotopic (exact) mass is 259 g/mol. The number of rotatable bonds is 2. The Bertz CT molecular complexity index is 491. The Hall–Kier alpha value is -1.61. The molecule has 1 aromatic rings. The number of benzene rings is 1. The lowest BCUT2D eigenvalue weighted by Gasteiger charge is -2.36. The molecule has 1 saturated heterocycles. The van der Waals surface area contributed by atoms with Crippen LogP contribution in [0.25, 0.3) is 6.08 Å². The molecule has 1 amide bonds. The predicted molar refractivity (Wildman–Crippen MR) is 76.7 cm³/mol. The van der Waals surface area contributed by atoms with Crippen molar-refractivity contribution in [1.82, 2.24) is 4.90 Å². The van der Waals surface area contributed by atoms with Crippen molar-refractivity contribution in [3.05, 3.63) is 41.5 Å². The van der Waals surface area contributed by atoms with Crippen molar-refractivity contribution in [3.8, 4) is 0 Å². The maximum absolute atomic E-state index is 12.1. The van der Waals surface area contributed by atoms with Gasteiger partial charge in [-0.15, -0.1) is 0 Å². The minimum atomic E-state index is -0.746. The number of hydrogen-bond acceptors (Lipinski definition) is 2. The summed E-state index contributed by atoms with van der Waals surface area (Å²) in [5.74, 6) is -0.0248. The van der Waals surface area contributed by atoms with E-state index in [4.69, 9.17) is 0 Å². The summed E-state index contributed by atoms with van der Waals surface area (Å²) >= 11 is 0. The van der Waals surface area contributed by atoms with Gasteiger partial charge < -0.3 is 10.0 Å². The lowest BCUT2D eigenvalue weighted by molar-refractivity contribution is -0.132. The van der Waals surface area contributed by atoms with Crippen molar-refractivity contribution >= 4 is 12.0 Å². The SMILES string of the molecule is Cc1ccccc1/C=C/C(=O)N1CCCC(C)(O)C1. The maximum Gasteiger partial charge on any atom is 0.246 e. The number of nitrogens with zero attached hydrogens (tertiary/aromatic N) is 1. The molecular weight excluding hydrogens is 238 g/mol. The van der Waals surface area contributed by atoms with Crippen molar-refractivity contribution < 1.29 is 9.90 Å². The first-order valence-electron chi connectivity index (χ1n) is 6.73. The first-order valence-corrected chi connectivity index (χ1v) is 6.73. The van der Waals surface area contributed by atoms with E-state index >= 15 is 0 Å². The Labute approximate surface area is 114 Å². The van der Waals surface area contributed by atoms with Crippen molar-refractivity contribution in [2.45, 2.75) is 32.3 Å². The standard InChI is InChI=1S/C16H21NO2/c1-13-6-3-4-7-14(13)8-9-15(18)17-11-5-10-16(2,19)12-17/h3-4,6-9,19H,5,10-12H2,1-2H3/b9-8+. The maximum atomic E-state index is 12.1. The third kappa shape index (κ3) is 3.67. The highest BCUT2D eigenvalue weighted by molar-refractivity contribution is 5.92. The molecule has 1 fully saturated rings. The molecule has 1 aliphatic heterocycles. The Morgan fingerprint density at radius 2 is 2.16 bits per heavy atom. The zero-order valence-corrected chi connectivity index (χ0v) is 11.6. The average molecular weight is 259 g/mol. The van der Waals surface area contributed by atoms with Gasteiger partial charge in [0.1, 0.15) is 0 Å². The minimum Gasteiger partial charge on any atom is -0.388 e. The van der Waals surface area contributed by atoms with E-state index in [9.17, 15) is 9.90 Å². The molecule has 0 aromatic heterocycles. The number of carbonyl (C=O) groups is 1. The van der Waals surface area contributed by atoms with E-state index in [1.54, 1.807) is 17.9 Å². The molecule has 3 heteroatoms. The van der Waals surface area contributed by atoms with Gasteiger partial charge in [-0.25, -0.2) is 0 Å². The Balaban J connectivity index is 2.03. The fraction of sp³-hybridized carbons (Fsp3) is 0.438. The first-order chi connectivity index (χ1) is 8.98. The number of aliphatic hydroxyl groups is 1. The second-order valence-corrected chi connectivity index (χ2v) is 5.55. The lowest BCUT2D eigenvalue weighted by Crippen LogP contribution is -2.48. The molecule has 0 spiro atoms. The molecule has 1 atom stereocenters. The van der Waals surface area contributed by atoms with E-state index in [2.05, 4.69) is 0 Å². The summed E-state index contributed by atoms with van der Waals surface area (Å²) in [7, 11) is 0. The molecule has 1 aromatic carbocycles. The Kier molecular flexibility index (Phi) is 4.05. The number of β-amino-alcohol motifs (C(OH)–C–C–N with tert-alkyl or cyclic N) is 1. The molecule has 102 valence electrons. The van der Waals surface area contributed by atoms with Crippen LogP contribution < -0.4 is 0 Å². The van der Waals surface area contributed by atoms with Gasteiger partial charge in [0.15, 0.2) is 0 Å². The van der Waals surface area contributed by atoms with Crippen LogP contribution in [-0.2, 0) is 4.79 Å². The third-order valence-electron chi connectivity index (χ3n) is 3.58. The van der Waals surface area contributed by atoms with Crippen LogP contribution in [0.1, 0.15) is 30.9 Å². The normalized spacial score (nSPS) is 23.8. The van der Waals surface area contributed by atoms with E-state index in [-0.39, 0.29) is 5.91 Å². The van der Waals surface area contributed by atoms with Gasteiger partial charge in [0.2, 0.25) is 5.91 Å². The second kappa shape index (κ2) is 5.57. The van der Waals surface area contributed by atoms with Gasteiger partial charge in [-0.2, -0.15) is 0 Å². The topological polar surface area (TPSA) is 40.5 Å². The van der Waals surface area contributed by atoms with Crippen LogP contribution >= 0.6 is 0 Å². The lowest BCUT2D eigenvalue weighted by atomic mass is 9.95. The van der Waals surface area contributed by atoms with Crippen LogP contribution in [0.3, 0.4) is 0 Å². The summed E-state index contributed by atoms with van der Waals surface area (Å²) in [4.78, 5) is 13.8. The molecule has 0 bridgehead atoms. The van der Waals surface area contributed by atoms with Crippen LogP contribution in [0.15, 0.2) is 30.3 Å². The number of amides is 1. The molecule has 1 N–H and O–H groups in total. The van der Waals surface area contributed by atoms with Crippen LogP contribution in [0.5, 0.6) is 0 Å². The fourth-order valence-corrected chi connectivity index (χ4v) is 2.45. The largest absolute Gasteiger partial charge is 0.388 e. The molecule has 1 heterocycles. The summed E-state index contributed by atoms with van der Waals surface area (Å²) in [6.07, 6.45) is 5.07. The van der Waals surface area contributed by atoms with Gasteiger partial charge >= 0.3 is 0 Å². The van der Waals surface area contributed by atoms with Crippen LogP contribution in [0, 0.1) is 6.92 Å². The second-order valence-electron chi connectivity index (χ2n) is 5.55. The van der Waals surface area contributed by atoms with Crippen LogP contribution in [0.4, 0.5) is 0 Å². The molecule has 1 unspecified atom stereocenters. The number of carbonyl (C=O) groups excluding carboxylic acids is 1. The summed E-state index contributed by atoms with van der Waals surface area (Å²) in [5, 5.41) is 10.0. The van der Waals surface area contributed by atoms with Gasteiger partial charge in [0.05, 0.1) is 5.60 Å². The van der Waals surface area contributed by atoms with Crippen LogP contribution in [0.2, 0.25) is 0 Å². The molecule has 19 heavy (non-hydrogen) atoms. The van der Waals surface area contributed by atoms with Gasteiger partial charge in [-0.1, -0.05) is 24.3 Å². The van der Waals surface area contributed by atoms with Gasteiger partial charge in [-0.3, -0.25) is 4.79 Å². The predicted octanol–water partition coefficient (Wildman–Crippen LogP) is 2.38. The highest BCUT2D eigenvalue weighted by Gasteiger charge is 2.29. The Morgan fingerprint density at radius 3 is 2.84 bits per heavy atom. The van der Waals surface area contributed by atoms with Crippen molar-refractivity contribution in [1.29, 1.82) is 0 Å². The fourth-order valence-electron chi connectivity index (χ4n) is 2.45. The van der Waals surface area contributed by atoms with Crippen LogP contribution in [-0.4, -0.2) is 34.6 Å². The summed E-state index contributed by atoms with van der Waals surface area (Å²) in [6.45, 7) is 4.96. The van der Waals surface area contributed by atoms with E-state index in [0.29, 0.717) is 6.54 Å². The highest BCUT2D eigenvalue weighted by atomic mass is 16.3. The summed E-state index contributed by atoms with van der Waals surface area (Å²) < 4.78 is 0. The average Bonchev–Trinajstić information content (AvgIpc) is 2.36. The molecule has 3 nitrogen and oxygen atoms in total.